The van der Waals surface area contributed by atoms with E-state index in [9.17, 15) is 8.42 Å². The van der Waals surface area contributed by atoms with Gasteiger partial charge < -0.3 is 10.3 Å². The number of nitrogens with zero attached hydrogens (tertiary/aromatic N) is 1. The van der Waals surface area contributed by atoms with Crippen molar-refractivity contribution in [3.8, 4) is 0 Å². The molecule has 2 rings (SSSR count). The van der Waals surface area contributed by atoms with Crippen molar-refractivity contribution in [3.63, 3.8) is 0 Å². The molecule has 2 aromatic heterocycles. The van der Waals surface area contributed by atoms with E-state index in [1.807, 2.05) is 6.92 Å². The molecule has 0 aliphatic heterocycles. The van der Waals surface area contributed by atoms with Crippen LogP contribution in [-0.2, 0) is 16.6 Å². The summed E-state index contributed by atoms with van der Waals surface area (Å²) in [7, 11) is -3.58. The summed E-state index contributed by atoms with van der Waals surface area (Å²) in [5.41, 5.74) is 2.15. The molecule has 0 radical (unpaired) electrons. The lowest BCUT2D eigenvalue weighted by Gasteiger charge is -2.08. The van der Waals surface area contributed by atoms with Gasteiger partial charge in [0, 0.05) is 30.8 Å². The predicted molar refractivity (Wildman–Crippen MR) is 78.0 cm³/mol. The first-order chi connectivity index (χ1) is 9.53. The van der Waals surface area contributed by atoms with Crippen LogP contribution in [0.1, 0.15) is 18.2 Å². The molecule has 0 aliphatic rings. The number of rotatable bonds is 6. The van der Waals surface area contributed by atoms with Crippen LogP contribution in [0.5, 0.6) is 0 Å². The van der Waals surface area contributed by atoms with Gasteiger partial charge in [0.2, 0.25) is 0 Å². The number of aromatic nitrogens is 2. The van der Waals surface area contributed by atoms with Crippen LogP contribution in [0, 0.1) is 6.92 Å². The van der Waals surface area contributed by atoms with Gasteiger partial charge in [-0.2, -0.15) is 0 Å². The molecule has 2 aromatic rings. The Morgan fingerprint density at radius 3 is 2.90 bits per heavy atom. The van der Waals surface area contributed by atoms with E-state index in [0.717, 1.165) is 17.8 Å². The van der Waals surface area contributed by atoms with E-state index in [4.69, 9.17) is 0 Å². The topological polar surface area (TPSA) is 86.9 Å². The zero-order valence-electron chi connectivity index (χ0n) is 11.5. The maximum Gasteiger partial charge on any atom is 0.263 e. The Kier molecular flexibility index (Phi) is 4.41. The molecule has 20 heavy (non-hydrogen) atoms. The van der Waals surface area contributed by atoms with Gasteiger partial charge in [0.05, 0.1) is 5.69 Å². The van der Waals surface area contributed by atoms with Crippen molar-refractivity contribution in [2.24, 2.45) is 0 Å². The zero-order chi connectivity index (χ0) is 14.6. The molecular formula is C13H18N4O2S. The smallest absolute Gasteiger partial charge is 0.263 e. The normalized spacial score (nSPS) is 11.5. The molecule has 2 heterocycles. The van der Waals surface area contributed by atoms with Crippen LogP contribution in [-0.4, -0.2) is 24.9 Å². The van der Waals surface area contributed by atoms with E-state index in [-0.39, 0.29) is 4.90 Å². The number of aromatic amines is 1. The van der Waals surface area contributed by atoms with Crippen LogP contribution >= 0.6 is 0 Å². The van der Waals surface area contributed by atoms with Crippen molar-refractivity contribution in [3.05, 3.63) is 42.0 Å². The molecule has 7 heteroatoms. The van der Waals surface area contributed by atoms with Crippen LogP contribution in [0.25, 0.3) is 0 Å². The van der Waals surface area contributed by atoms with Crippen molar-refractivity contribution in [1.29, 1.82) is 0 Å². The first kappa shape index (κ1) is 14.5. The maximum absolute atomic E-state index is 12.3. The summed E-state index contributed by atoms with van der Waals surface area (Å²) in [5, 5.41) is 3.13. The average molecular weight is 294 g/mol. The highest BCUT2D eigenvalue weighted by Crippen LogP contribution is 2.19. The number of pyridine rings is 1. The Bertz CT molecular complexity index is 679. The number of anilines is 1. The summed E-state index contributed by atoms with van der Waals surface area (Å²) in [5.74, 6) is 0. The number of hydrogen-bond acceptors (Lipinski definition) is 4. The molecule has 0 bridgehead atoms. The fraction of sp³-hybridized carbons (Fsp3) is 0.308. The summed E-state index contributed by atoms with van der Waals surface area (Å²) >= 11 is 0. The minimum absolute atomic E-state index is 0.224. The van der Waals surface area contributed by atoms with Gasteiger partial charge in [-0.05, 0) is 31.2 Å². The molecule has 0 saturated heterocycles. The average Bonchev–Trinajstić information content (AvgIpc) is 2.88. The second-order valence-electron chi connectivity index (χ2n) is 4.44. The van der Waals surface area contributed by atoms with E-state index in [1.54, 1.807) is 31.5 Å². The van der Waals surface area contributed by atoms with Crippen LogP contribution in [0.3, 0.4) is 0 Å². The monoisotopic (exact) mass is 294 g/mol. The van der Waals surface area contributed by atoms with Crippen LogP contribution in [0.4, 0.5) is 5.69 Å². The maximum atomic E-state index is 12.3. The molecule has 3 N–H and O–H groups in total. The Morgan fingerprint density at radius 2 is 2.20 bits per heavy atom. The van der Waals surface area contributed by atoms with Gasteiger partial charge >= 0.3 is 0 Å². The van der Waals surface area contributed by atoms with E-state index in [2.05, 4.69) is 20.0 Å². The lowest BCUT2D eigenvalue weighted by Crippen LogP contribution is -2.13. The first-order valence-corrected chi connectivity index (χ1v) is 7.82. The molecular weight excluding hydrogens is 276 g/mol. The summed E-state index contributed by atoms with van der Waals surface area (Å²) in [6, 6.07) is 3.26. The predicted octanol–water partition coefficient (Wildman–Crippen LogP) is 1.63. The summed E-state index contributed by atoms with van der Waals surface area (Å²) in [6.07, 6.45) is 4.66. The molecule has 0 aromatic carbocycles. The third-order valence-electron chi connectivity index (χ3n) is 2.86. The quantitative estimate of drug-likeness (QED) is 0.755. The molecule has 0 unspecified atom stereocenters. The molecule has 0 aliphatic carbocycles. The number of H-pyrrole nitrogens is 1. The number of aryl methyl sites for hydroxylation is 1. The number of nitrogens with one attached hydrogen (secondary N) is 3. The van der Waals surface area contributed by atoms with Gasteiger partial charge in [-0.25, -0.2) is 8.42 Å². The minimum atomic E-state index is -3.58. The van der Waals surface area contributed by atoms with Crippen molar-refractivity contribution < 1.29 is 8.42 Å². The van der Waals surface area contributed by atoms with E-state index in [0.29, 0.717) is 12.2 Å². The van der Waals surface area contributed by atoms with Crippen molar-refractivity contribution >= 4 is 15.7 Å². The van der Waals surface area contributed by atoms with Gasteiger partial charge in [-0.3, -0.25) is 9.71 Å². The van der Waals surface area contributed by atoms with Gasteiger partial charge in [0.25, 0.3) is 10.0 Å². The van der Waals surface area contributed by atoms with Crippen molar-refractivity contribution in [2.45, 2.75) is 25.3 Å². The Balaban J connectivity index is 2.18. The second-order valence-corrected chi connectivity index (χ2v) is 6.12. The van der Waals surface area contributed by atoms with E-state index in [1.165, 1.54) is 6.20 Å². The Hall–Kier alpha value is -1.86. The van der Waals surface area contributed by atoms with Crippen LogP contribution in [0.2, 0.25) is 0 Å². The van der Waals surface area contributed by atoms with Gasteiger partial charge in [0.1, 0.15) is 4.90 Å². The third-order valence-corrected chi connectivity index (χ3v) is 4.20. The SMILES string of the molecule is CCNCc1cc(S(=O)(=O)Nc2ccncc2C)c[nH]1. The highest BCUT2D eigenvalue weighted by Gasteiger charge is 2.16. The zero-order valence-corrected chi connectivity index (χ0v) is 12.3. The number of hydrogen-bond donors (Lipinski definition) is 3. The fourth-order valence-corrected chi connectivity index (χ4v) is 2.88. The molecule has 0 fully saturated rings. The van der Waals surface area contributed by atoms with Crippen LogP contribution < -0.4 is 10.0 Å². The van der Waals surface area contributed by atoms with Gasteiger partial charge in [-0.15, -0.1) is 0 Å². The first-order valence-electron chi connectivity index (χ1n) is 6.34. The molecule has 0 spiro atoms. The summed E-state index contributed by atoms with van der Waals surface area (Å²) < 4.78 is 27.1. The Morgan fingerprint density at radius 1 is 1.40 bits per heavy atom. The highest BCUT2D eigenvalue weighted by atomic mass is 32.2. The van der Waals surface area contributed by atoms with E-state index >= 15 is 0 Å². The molecule has 108 valence electrons. The molecule has 0 saturated carbocycles. The minimum Gasteiger partial charge on any atom is -0.363 e. The van der Waals surface area contributed by atoms with Crippen molar-refractivity contribution in [2.75, 3.05) is 11.3 Å². The second kappa shape index (κ2) is 6.06. The fourth-order valence-electron chi connectivity index (χ4n) is 1.73. The number of sulfonamides is 1. The van der Waals surface area contributed by atoms with Crippen LogP contribution in [0.15, 0.2) is 35.6 Å². The summed E-state index contributed by atoms with van der Waals surface area (Å²) in [4.78, 5) is 7.11. The Labute approximate surface area is 118 Å². The molecule has 0 amide bonds. The van der Waals surface area contributed by atoms with Gasteiger partial charge in [0.15, 0.2) is 0 Å². The van der Waals surface area contributed by atoms with E-state index < -0.39 is 10.0 Å². The summed E-state index contributed by atoms with van der Waals surface area (Å²) in [6.45, 7) is 5.24. The molecule has 6 nitrogen and oxygen atoms in total. The standard InChI is InChI=1S/C13H18N4O2S/c1-3-14-8-11-6-12(9-16-11)20(18,19)17-13-4-5-15-7-10(13)2/h4-7,9,14,16H,3,8H2,1-2H3,(H,15,17). The van der Waals surface area contributed by atoms with Gasteiger partial charge in [-0.1, -0.05) is 6.92 Å². The van der Waals surface area contributed by atoms with Crippen molar-refractivity contribution in [1.82, 2.24) is 15.3 Å². The largest absolute Gasteiger partial charge is 0.363 e. The highest BCUT2D eigenvalue weighted by molar-refractivity contribution is 7.92. The third kappa shape index (κ3) is 3.37. The molecule has 0 atom stereocenters. The lowest BCUT2D eigenvalue weighted by molar-refractivity contribution is 0.601. The lowest BCUT2D eigenvalue weighted by atomic mass is 10.3.